The van der Waals surface area contributed by atoms with E-state index in [1.807, 2.05) is 42.5 Å². The molecule has 4 heteroatoms. The first-order valence-corrected chi connectivity index (χ1v) is 7.63. The number of benzene rings is 2. The Morgan fingerprint density at radius 2 is 1.70 bits per heavy atom. The molecule has 0 saturated carbocycles. The number of thioether (sulfide) groups is 1. The molecule has 0 N–H and O–H groups in total. The average molecular weight is 303 g/mol. The summed E-state index contributed by atoms with van der Waals surface area (Å²) < 4.78 is 5.93. The number of para-hydroxylation sites is 1. The summed E-state index contributed by atoms with van der Waals surface area (Å²) in [5.74, 6) is 0.583. The molecule has 1 aromatic heterocycles. The number of alkyl halides is 1. The lowest BCUT2D eigenvalue weighted by Crippen LogP contribution is -2.06. The maximum absolute atomic E-state index is 12.6. The highest BCUT2D eigenvalue weighted by Crippen LogP contribution is 2.32. The zero-order valence-electron chi connectivity index (χ0n) is 10.5. The van der Waals surface area contributed by atoms with E-state index in [4.69, 9.17) is 16.0 Å². The second-order valence-electron chi connectivity index (χ2n) is 4.21. The van der Waals surface area contributed by atoms with Gasteiger partial charge in [0, 0.05) is 5.56 Å². The minimum Gasteiger partial charge on any atom is -0.455 e. The van der Waals surface area contributed by atoms with Gasteiger partial charge in [0.25, 0.3) is 0 Å². The van der Waals surface area contributed by atoms with Crippen LogP contribution in [0.25, 0.3) is 22.3 Å². The lowest BCUT2D eigenvalue weighted by molar-refractivity contribution is 0.605. The normalized spacial score (nSPS) is 10.8. The molecular weight excluding hydrogens is 292 g/mol. The van der Waals surface area contributed by atoms with Crippen LogP contribution >= 0.6 is 23.4 Å². The Morgan fingerprint density at radius 3 is 2.45 bits per heavy atom. The summed E-state index contributed by atoms with van der Waals surface area (Å²) in [4.78, 5) is 13.1. The first kappa shape index (κ1) is 13.3. The third-order valence-corrected chi connectivity index (χ3v) is 4.09. The van der Waals surface area contributed by atoms with Gasteiger partial charge in [0.2, 0.25) is 5.43 Å². The number of hydrogen-bond acceptors (Lipinski definition) is 3. The quantitative estimate of drug-likeness (QED) is 0.517. The Hall–Kier alpha value is -1.71. The standard InChI is InChI=1S/C16H11ClO2S/c17-10-20-16-14(18)12-8-4-5-9-13(12)19-15(16)11-6-2-1-3-7-11/h1-9H,10H2. The van der Waals surface area contributed by atoms with Gasteiger partial charge < -0.3 is 4.42 Å². The molecule has 0 radical (unpaired) electrons. The van der Waals surface area contributed by atoms with Crippen LogP contribution in [0.5, 0.6) is 0 Å². The van der Waals surface area contributed by atoms with E-state index in [2.05, 4.69) is 0 Å². The summed E-state index contributed by atoms with van der Waals surface area (Å²) in [6, 6.07) is 16.9. The summed E-state index contributed by atoms with van der Waals surface area (Å²) >= 11 is 7.10. The van der Waals surface area contributed by atoms with Gasteiger partial charge in [-0.25, -0.2) is 0 Å². The molecule has 1 heterocycles. The zero-order valence-corrected chi connectivity index (χ0v) is 12.1. The highest BCUT2D eigenvalue weighted by molar-refractivity contribution is 8.00. The van der Waals surface area contributed by atoms with E-state index < -0.39 is 0 Å². The zero-order chi connectivity index (χ0) is 13.9. The molecule has 0 amide bonds. The molecule has 3 aromatic rings. The molecule has 2 aromatic carbocycles. The molecule has 0 aliphatic rings. The van der Waals surface area contributed by atoms with E-state index in [1.165, 1.54) is 11.8 Å². The molecule has 0 saturated heterocycles. The van der Waals surface area contributed by atoms with Gasteiger partial charge in [-0.3, -0.25) is 4.79 Å². The molecule has 0 aliphatic carbocycles. The van der Waals surface area contributed by atoms with E-state index in [-0.39, 0.29) is 5.43 Å². The van der Waals surface area contributed by atoms with Crippen LogP contribution in [0.15, 0.2) is 68.7 Å². The lowest BCUT2D eigenvalue weighted by atomic mass is 10.1. The molecule has 100 valence electrons. The van der Waals surface area contributed by atoms with Gasteiger partial charge in [0.1, 0.15) is 10.5 Å². The average Bonchev–Trinajstić information content (AvgIpc) is 2.51. The number of fused-ring (bicyclic) bond motifs is 1. The highest BCUT2D eigenvalue weighted by Gasteiger charge is 2.15. The second kappa shape index (κ2) is 5.73. The van der Waals surface area contributed by atoms with Crippen LogP contribution in [0.1, 0.15) is 0 Å². The van der Waals surface area contributed by atoms with Gasteiger partial charge in [-0.15, -0.1) is 23.4 Å². The molecule has 0 unspecified atom stereocenters. The van der Waals surface area contributed by atoms with Crippen molar-refractivity contribution < 1.29 is 4.42 Å². The predicted octanol–water partition coefficient (Wildman–Crippen LogP) is 4.75. The number of rotatable bonds is 3. The van der Waals surface area contributed by atoms with E-state index in [0.717, 1.165) is 5.56 Å². The Balaban J connectivity index is 2.35. The molecule has 3 rings (SSSR count). The molecule has 0 atom stereocenters. The fraction of sp³-hybridized carbons (Fsp3) is 0.0625. The SMILES string of the molecule is O=c1c(SCCl)c(-c2ccccc2)oc2ccccc12. The Morgan fingerprint density at radius 1 is 1.00 bits per heavy atom. The second-order valence-corrected chi connectivity index (χ2v) is 5.77. The van der Waals surface area contributed by atoms with E-state index in [9.17, 15) is 4.79 Å². The van der Waals surface area contributed by atoms with Crippen molar-refractivity contribution >= 4 is 34.3 Å². The topological polar surface area (TPSA) is 30.2 Å². The monoisotopic (exact) mass is 302 g/mol. The van der Waals surface area contributed by atoms with Gasteiger partial charge >= 0.3 is 0 Å². The fourth-order valence-corrected chi connectivity index (χ4v) is 3.06. The Bertz CT molecular complexity index is 796. The highest BCUT2D eigenvalue weighted by atomic mass is 35.5. The van der Waals surface area contributed by atoms with E-state index in [1.54, 1.807) is 12.1 Å². The summed E-state index contributed by atoms with van der Waals surface area (Å²) in [6.45, 7) is 0. The van der Waals surface area contributed by atoms with Gasteiger partial charge in [-0.05, 0) is 12.1 Å². The molecule has 0 aliphatic heterocycles. The van der Waals surface area contributed by atoms with Crippen LogP contribution in [-0.4, -0.2) is 5.21 Å². The van der Waals surface area contributed by atoms with Gasteiger partial charge in [-0.2, -0.15) is 0 Å². The van der Waals surface area contributed by atoms with E-state index in [0.29, 0.717) is 26.8 Å². The molecule has 0 fully saturated rings. The summed E-state index contributed by atoms with van der Waals surface area (Å²) in [7, 11) is 0. The third-order valence-electron chi connectivity index (χ3n) is 2.99. The minimum absolute atomic E-state index is 0.0312. The predicted molar refractivity (Wildman–Crippen MR) is 84.5 cm³/mol. The molecule has 0 spiro atoms. The molecule has 20 heavy (non-hydrogen) atoms. The first-order valence-electron chi connectivity index (χ1n) is 6.11. The van der Waals surface area contributed by atoms with Crippen molar-refractivity contribution in [2.24, 2.45) is 0 Å². The van der Waals surface area contributed by atoms with Crippen molar-refractivity contribution in [3.8, 4) is 11.3 Å². The molecular formula is C16H11ClO2S. The van der Waals surface area contributed by atoms with Crippen molar-refractivity contribution in [2.45, 2.75) is 4.90 Å². The van der Waals surface area contributed by atoms with E-state index >= 15 is 0 Å². The smallest absolute Gasteiger partial charge is 0.206 e. The van der Waals surface area contributed by atoms with Gasteiger partial charge in [0.05, 0.1) is 10.6 Å². The minimum atomic E-state index is -0.0312. The summed E-state index contributed by atoms with van der Waals surface area (Å²) in [5.41, 5.74) is 1.44. The van der Waals surface area contributed by atoms with Crippen molar-refractivity contribution in [1.29, 1.82) is 0 Å². The summed E-state index contributed by atoms with van der Waals surface area (Å²) in [6.07, 6.45) is 0. The van der Waals surface area contributed by atoms with Crippen LogP contribution in [0.2, 0.25) is 0 Å². The van der Waals surface area contributed by atoms with Gasteiger partial charge in [-0.1, -0.05) is 42.5 Å². The van der Waals surface area contributed by atoms with Crippen LogP contribution < -0.4 is 5.43 Å². The lowest BCUT2D eigenvalue weighted by Gasteiger charge is -2.08. The van der Waals surface area contributed by atoms with Crippen molar-refractivity contribution in [1.82, 2.24) is 0 Å². The van der Waals surface area contributed by atoms with Gasteiger partial charge in [0.15, 0.2) is 5.76 Å². The van der Waals surface area contributed by atoms with Crippen LogP contribution in [0.4, 0.5) is 0 Å². The maximum atomic E-state index is 12.6. The van der Waals surface area contributed by atoms with Crippen LogP contribution in [0, 0.1) is 0 Å². The van der Waals surface area contributed by atoms with Crippen LogP contribution in [0.3, 0.4) is 0 Å². The van der Waals surface area contributed by atoms with Crippen molar-refractivity contribution in [2.75, 3.05) is 5.21 Å². The third kappa shape index (κ3) is 2.35. The molecule has 2 nitrogen and oxygen atoms in total. The Labute approximate surface area is 125 Å². The number of halogens is 1. The maximum Gasteiger partial charge on any atom is 0.206 e. The first-order chi connectivity index (χ1) is 9.81. The summed E-state index contributed by atoms with van der Waals surface area (Å²) in [5, 5.41) is 0.892. The Kier molecular flexibility index (Phi) is 3.81. The molecule has 0 bridgehead atoms. The fourth-order valence-electron chi connectivity index (χ4n) is 2.09. The van der Waals surface area contributed by atoms with Crippen molar-refractivity contribution in [3.63, 3.8) is 0 Å². The number of hydrogen-bond donors (Lipinski definition) is 0. The largest absolute Gasteiger partial charge is 0.455 e. The van der Waals surface area contributed by atoms with Crippen LogP contribution in [-0.2, 0) is 0 Å². The van der Waals surface area contributed by atoms with Crippen molar-refractivity contribution in [3.05, 3.63) is 64.8 Å².